The van der Waals surface area contributed by atoms with Gasteiger partial charge in [0.2, 0.25) is 0 Å². The summed E-state index contributed by atoms with van der Waals surface area (Å²) in [4.78, 5) is 0. The Bertz CT molecular complexity index is 1190. The minimum atomic E-state index is 0.927. The lowest BCUT2D eigenvalue weighted by Crippen LogP contribution is -1.92. The molecule has 1 aliphatic carbocycles. The maximum Gasteiger partial charge on any atom is 0.121 e. The van der Waals surface area contributed by atoms with E-state index >= 15 is 0 Å². The van der Waals surface area contributed by atoms with Crippen molar-refractivity contribution in [2.45, 2.75) is 26.7 Å². The third-order valence-corrected chi connectivity index (χ3v) is 6.41. The van der Waals surface area contributed by atoms with E-state index in [9.17, 15) is 0 Å². The van der Waals surface area contributed by atoms with Gasteiger partial charge in [0.15, 0.2) is 0 Å². The molecule has 5 rings (SSSR count). The van der Waals surface area contributed by atoms with Crippen molar-refractivity contribution in [3.8, 4) is 33.8 Å². The Morgan fingerprint density at radius 2 is 1.03 bits per heavy atom. The Labute approximate surface area is 178 Å². The van der Waals surface area contributed by atoms with E-state index in [-0.39, 0.29) is 0 Å². The maximum atomic E-state index is 5.49. The molecule has 0 radical (unpaired) electrons. The molecule has 0 N–H and O–H groups in total. The van der Waals surface area contributed by atoms with E-state index in [0.717, 1.165) is 35.5 Å². The van der Waals surface area contributed by atoms with Crippen LogP contribution in [0.4, 0.5) is 0 Å². The number of hydrogen-bond donors (Lipinski definition) is 0. The lowest BCUT2D eigenvalue weighted by atomic mass is 9.88. The van der Waals surface area contributed by atoms with Crippen molar-refractivity contribution >= 4 is 10.8 Å². The molecule has 30 heavy (non-hydrogen) atoms. The molecule has 4 aromatic rings. The largest absolute Gasteiger partial charge is 0.496 e. The molecule has 0 aromatic heterocycles. The van der Waals surface area contributed by atoms with E-state index in [1.165, 1.54) is 44.2 Å². The minimum Gasteiger partial charge on any atom is -0.496 e. The molecule has 0 unspecified atom stereocenters. The maximum absolute atomic E-state index is 5.49. The summed E-state index contributed by atoms with van der Waals surface area (Å²) in [5.74, 6) is 1.85. The van der Waals surface area contributed by atoms with Gasteiger partial charge in [0.1, 0.15) is 11.5 Å². The van der Waals surface area contributed by atoms with Gasteiger partial charge in [0, 0.05) is 0 Å². The number of benzene rings is 4. The number of hydrogen-bond acceptors (Lipinski definition) is 2. The quantitative estimate of drug-likeness (QED) is 0.374. The van der Waals surface area contributed by atoms with Crippen LogP contribution in [0.1, 0.15) is 22.3 Å². The van der Waals surface area contributed by atoms with Gasteiger partial charge in [0.05, 0.1) is 14.2 Å². The van der Waals surface area contributed by atoms with Crippen LogP contribution in [0.5, 0.6) is 11.5 Å². The normalized spacial score (nSPS) is 12.4. The molecule has 0 amide bonds. The van der Waals surface area contributed by atoms with Gasteiger partial charge in [-0.2, -0.15) is 0 Å². The van der Waals surface area contributed by atoms with E-state index < -0.39 is 0 Å². The SMILES string of the molecule is COc1ccc(-c2ccc3c4c(ccc(-c5ccc(OC)c(C)c5)c24)CC3)cc1C. The van der Waals surface area contributed by atoms with E-state index in [1.54, 1.807) is 14.2 Å². The molecule has 0 atom stereocenters. The van der Waals surface area contributed by atoms with Crippen LogP contribution in [0.25, 0.3) is 33.0 Å². The van der Waals surface area contributed by atoms with Gasteiger partial charge in [-0.1, -0.05) is 36.4 Å². The molecule has 1 aliphatic rings. The van der Waals surface area contributed by atoms with Crippen LogP contribution in [-0.2, 0) is 12.8 Å². The third kappa shape index (κ3) is 2.87. The van der Waals surface area contributed by atoms with Crippen molar-refractivity contribution in [3.05, 3.63) is 82.9 Å². The highest BCUT2D eigenvalue weighted by Crippen LogP contribution is 2.43. The summed E-state index contributed by atoms with van der Waals surface area (Å²) in [6.07, 6.45) is 2.25. The molecule has 0 heterocycles. The standard InChI is InChI=1S/C28H26O2/c1-17-15-21(9-13-25(17)29-3)23-11-7-19-5-6-20-8-12-24(28(23)27(19)20)22-10-14-26(30-4)18(2)16-22/h7-16H,5-6H2,1-4H3. The first kappa shape index (κ1) is 18.7. The van der Waals surface area contributed by atoms with Crippen molar-refractivity contribution in [2.24, 2.45) is 0 Å². The summed E-state index contributed by atoms with van der Waals surface area (Å²) in [5, 5.41) is 2.79. The van der Waals surface area contributed by atoms with Gasteiger partial charge in [-0.05, 0) is 106 Å². The van der Waals surface area contributed by atoms with E-state index in [4.69, 9.17) is 9.47 Å². The number of ether oxygens (including phenoxy) is 2. The van der Waals surface area contributed by atoms with Gasteiger partial charge < -0.3 is 9.47 Å². The van der Waals surface area contributed by atoms with Crippen LogP contribution >= 0.6 is 0 Å². The highest BCUT2D eigenvalue weighted by Gasteiger charge is 2.20. The minimum absolute atomic E-state index is 0.927. The molecule has 2 nitrogen and oxygen atoms in total. The third-order valence-electron chi connectivity index (χ3n) is 6.41. The average molecular weight is 395 g/mol. The number of aryl methyl sites for hydroxylation is 4. The smallest absolute Gasteiger partial charge is 0.121 e. The summed E-state index contributed by atoms with van der Waals surface area (Å²) in [5.41, 5.74) is 10.3. The Hall–Kier alpha value is -3.26. The van der Waals surface area contributed by atoms with Gasteiger partial charge >= 0.3 is 0 Å². The topological polar surface area (TPSA) is 18.5 Å². The van der Waals surface area contributed by atoms with Gasteiger partial charge in [0.25, 0.3) is 0 Å². The van der Waals surface area contributed by atoms with Gasteiger partial charge in [-0.3, -0.25) is 0 Å². The van der Waals surface area contributed by atoms with Crippen molar-refractivity contribution in [1.29, 1.82) is 0 Å². The van der Waals surface area contributed by atoms with Crippen LogP contribution in [0.2, 0.25) is 0 Å². The second-order valence-electron chi connectivity index (χ2n) is 8.16. The summed E-state index contributed by atoms with van der Waals surface area (Å²) in [7, 11) is 3.45. The highest BCUT2D eigenvalue weighted by atomic mass is 16.5. The van der Waals surface area contributed by atoms with Crippen LogP contribution < -0.4 is 9.47 Å². The Kier molecular flexibility index (Phi) is 4.51. The van der Waals surface area contributed by atoms with Crippen molar-refractivity contribution in [1.82, 2.24) is 0 Å². The Balaban J connectivity index is 1.81. The fourth-order valence-corrected chi connectivity index (χ4v) is 4.90. The second kappa shape index (κ2) is 7.21. The molecule has 2 heteroatoms. The predicted molar refractivity (Wildman–Crippen MR) is 125 cm³/mol. The molecular weight excluding hydrogens is 368 g/mol. The lowest BCUT2D eigenvalue weighted by molar-refractivity contribution is 0.411. The van der Waals surface area contributed by atoms with Gasteiger partial charge in [-0.25, -0.2) is 0 Å². The summed E-state index contributed by atoms with van der Waals surface area (Å²) < 4.78 is 11.0. The van der Waals surface area contributed by atoms with Crippen LogP contribution in [0, 0.1) is 13.8 Å². The zero-order valence-corrected chi connectivity index (χ0v) is 18.0. The van der Waals surface area contributed by atoms with Crippen molar-refractivity contribution in [2.75, 3.05) is 14.2 Å². The average Bonchev–Trinajstić information content (AvgIpc) is 3.18. The van der Waals surface area contributed by atoms with Crippen molar-refractivity contribution in [3.63, 3.8) is 0 Å². The molecule has 0 fully saturated rings. The highest BCUT2D eigenvalue weighted by molar-refractivity contribution is 6.10. The molecule has 150 valence electrons. The Morgan fingerprint density at radius 1 is 0.567 bits per heavy atom. The number of rotatable bonds is 4. The van der Waals surface area contributed by atoms with Crippen molar-refractivity contribution < 1.29 is 9.47 Å². The van der Waals surface area contributed by atoms with E-state index in [1.807, 2.05) is 0 Å². The first-order chi connectivity index (χ1) is 14.6. The molecule has 0 saturated carbocycles. The number of methoxy groups -OCH3 is 2. The summed E-state index contributed by atoms with van der Waals surface area (Å²) >= 11 is 0. The van der Waals surface area contributed by atoms with E-state index in [2.05, 4.69) is 74.5 Å². The summed E-state index contributed by atoms with van der Waals surface area (Å²) in [6.45, 7) is 4.21. The molecule has 0 saturated heterocycles. The Morgan fingerprint density at radius 3 is 1.43 bits per heavy atom. The van der Waals surface area contributed by atoms with Crippen LogP contribution in [0.3, 0.4) is 0 Å². The summed E-state index contributed by atoms with van der Waals surface area (Å²) in [6, 6.07) is 22.2. The lowest BCUT2D eigenvalue weighted by Gasteiger charge is -2.16. The molecule has 0 spiro atoms. The molecule has 4 aromatic carbocycles. The van der Waals surface area contributed by atoms with E-state index in [0.29, 0.717) is 0 Å². The zero-order chi connectivity index (χ0) is 20.8. The predicted octanol–water partition coefficient (Wildman–Crippen LogP) is 6.91. The fourth-order valence-electron chi connectivity index (χ4n) is 4.90. The first-order valence-electron chi connectivity index (χ1n) is 10.5. The molecule has 0 aliphatic heterocycles. The second-order valence-corrected chi connectivity index (χ2v) is 8.16. The molecular formula is C28H26O2. The van der Waals surface area contributed by atoms with Gasteiger partial charge in [-0.15, -0.1) is 0 Å². The first-order valence-corrected chi connectivity index (χ1v) is 10.5. The monoisotopic (exact) mass is 394 g/mol. The fraction of sp³-hybridized carbons (Fsp3) is 0.214. The van der Waals surface area contributed by atoms with Crippen LogP contribution in [0.15, 0.2) is 60.7 Å². The zero-order valence-electron chi connectivity index (χ0n) is 18.0. The molecule has 0 bridgehead atoms. The van der Waals surface area contributed by atoms with Crippen LogP contribution in [-0.4, -0.2) is 14.2 Å².